The van der Waals surface area contributed by atoms with Gasteiger partial charge < -0.3 is 94.7 Å². The van der Waals surface area contributed by atoms with Crippen molar-refractivity contribution >= 4 is 94.6 Å². The van der Waals surface area contributed by atoms with Gasteiger partial charge in [0.25, 0.3) is 0 Å². The molecule has 14 amide bonds. The average Bonchev–Trinajstić information content (AvgIpc) is 1.78. The van der Waals surface area contributed by atoms with Crippen LogP contribution < -0.4 is 65.1 Å². The second kappa shape index (κ2) is 36.8. The van der Waals surface area contributed by atoms with Crippen molar-refractivity contribution in [1.82, 2.24) is 72.4 Å². The van der Waals surface area contributed by atoms with E-state index < -0.39 is 187 Å². The zero-order valence-electron chi connectivity index (χ0n) is 55.7. The third kappa shape index (κ3) is 21.9. The summed E-state index contributed by atoms with van der Waals surface area (Å²) in [6, 6.07) is -10.6. The van der Waals surface area contributed by atoms with Crippen molar-refractivity contribution in [2.75, 3.05) is 72.0 Å². The second-order valence-electron chi connectivity index (χ2n) is 25.7. The molecule has 11 atom stereocenters. The van der Waals surface area contributed by atoms with E-state index in [2.05, 4.69) is 52.8 Å². The minimum absolute atomic E-state index is 0.0266. The number of carbonyl (C=O) groups is 15. The molecule has 0 bridgehead atoms. The van der Waals surface area contributed by atoms with E-state index in [0.717, 1.165) is 0 Å². The van der Waals surface area contributed by atoms with Crippen molar-refractivity contribution < 1.29 is 77.0 Å². The van der Waals surface area contributed by atoms with Crippen LogP contribution in [0.4, 0.5) is 0 Å². The summed E-state index contributed by atoms with van der Waals surface area (Å²) in [5.41, 5.74) is 16.4. The van der Waals surface area contributed by atoms with Gasteiger partial charge in [-0.2, -0.15) is 0 Å². The van der Waals surface area contributed by atoms with Crippen LogP contribution in [0.3, 0.4) is 0 Å². The largest absolute Gasteiger partial charge is 0.480 e. The van der Waals surface area contributed by atoms with Gasteiger partial charge in [-0.25, -0.2) is 4.79 Å². The number of nitrogens with two attached hydrogens (primary N) is 3. The van der Waals surface area contributed by atoms with Crippen molar-refractivity contribution in [3.05, 3.63) is 0 Å². The van der Waals surface area contributed by atoms with Crippen LogP contribution in [-0.2, 0) is 71.9 Å². The smallest absolute Gasteiger partial charge is 0.326 e. The van der Waals surface area contributed by atoms with Crippen LogP contribution in [0.2, 0.25) is 0 Å². The van der Waals surface area contributed by atoms with Crippen LogP contribution in [-0.4, -0.2) is 257 Å². The number of nitrogens with one attached hydrogen (secondary N) is 9. The van der Waals surface area contributed by atoms with Crippen molar-refractivity contribution in [2.24, 2.45) is 39.9 Å². The number of carboxylic acid groups (broad SMARTS) is 1. The molecule has 0 radical (unpaired) electrons. The zero-order valence-corrected chi connectivity index (χ0v) is 55.7. The molecule has 5 saturated heterocycles. The first kappa shape index (κ1) is 77.0. The molecular formula is C61H100N18O16. The van der Waals surface area contributed by atoms with E-state index in [0.29, 0.717) is 51.4 Å². The molecule has 34 nitrogen and oxygen atoms in total. The maximum atomic E-state index is 14.3. The molecule has 5 aliphatic heterocycles. The summed E-state index contributed by atoms with van der Waals surface area (Å²) in [6.07, 6.45) is 4.32. The Bertz CT molecular complexity index is 2850. The molecule has 530 valence electrons. The lowest BCUT2D eigenvalue weighted by Gasteiger charge is -2.31. The van der Waals surface area contributed by atoms with E-state index in [9.17, 15) is 77.0 Å². The summed E-state index contributed by atoms with van der Waals surface area (Å²) in [4.78, 5) is 212. The molecule has 5 fully saturated rings. The van der Waals surface area contributed by atoms with Gasteiger partial charge in [-0.3, -0.25) is 72.1 Å². The van der Waals surface area contributed by atoms with Gasteiger partial charge >= 0.3 is 5.97 Å². The lowest BCUT2D eigenvalue weighted by Crippen LogP contribution is -2.58. The minimum atomic E-state index is -1.28. The lowest BCUT2D eigenvalue weighted by atomic mass is 9.97. The summed E-state index contributed by atoms with van der Waals surface area (Å²) in [6.45, 7) is 10.4. The fraction of sp³-hybridized carbons (Fsp3) is 0.738. The molecule has 5 aliphatic rings. The number of likely N-dealkylation sites (tertiary alicyclic amines) is 5. The van der Waals surface area contributed by atoms with Crippen molar-refractivity contribution in [1.29, 1.82) is 0 Å². The number of aliphatic carboxylic acids is 1. The average molecular weight is 1340 g/mol. The number of carboxylic acids is 1. The second-order valence-corrected chi connectivity index (χ2v) is 25.7. The van der Waals surface area contributed by atoms with Crippen LogP contribution in [0.1, 0.15) is 138 Å². The number of hydrogen-bond donors (Lipinski definition) is 13. The van der Waals surface area contributed by atoms with Gasteiger partial charge in [0.1, 0.15) is 60.4 Å². The molecule has 0 aromatic heterocycles. The standard InChI is InChI=1S/C61H100N18O16/c1-8-35(6)50(59(93)79-26-14-18-41(79)54(88)69-32-48(84)76-23-11-20-43(76)56(90)74-49(34(4)5)60(94)95)73-46(82)30-66-51(85)37(15-9-21-65-61(63)64)72-55(89)42-19-10-22-75(42)47(83)31-68-53(87)40-17-13-25-78(40)58(92)38(27-33(2)3)71-45(81)29-67-52(86)39-16-12-24-77(39)57(91)36(7)70-44(80)28-62/h33-43,49-50H,8-32,62H2,1-7H3,(H,66,85)(H,67,86)(H,68,87)(H,69,88)(H,70,80)(H,71,81)(H,72,89)(H,73,82)(H,74,90)(H,94,95)(H4,63,64,65)/t35-,36-,37-,38-,39-,40-,41-,42-,43-,49-,50-/m0/s1. The highest BCUT2D eigenvalue weighted by Gasteiger charge is 2.44. The van der Waals surface area contributed by atoms with Gasteiger partial charge in [0.15, 0.2) is 5.96 Å². The maximum absolute atomic E-state index is 14.3. The summed E-state index contributed by atoms with van der Waals surface area (Å²) in [5.74, 6) is -11.2. The molecule has 0 spiro atoms. The van der Waals surface area contributed by atoms with Crippen molar-refractivity contribution in [3.63, 3.8) is 0 Å². The van der Waals surface area contributed by atoms with E-state index in [4.69, 9.17) is 17.2 Å². The maximum Gasteiger partial charge on any atom is 0.326 e. The SMILES string of the molecule is CC[C@H](C)[C@H](NC(=O)CNC(=O)[C@H](CCCN=C(N)N)NC(=O)[C@@H]1CCCN1C(=O)CNC(=O)[C@@H]1CCCN1C(=O)[C@H](CC(C)C)NC(=O)CNC(=O)[C@@H]1CCCN1C(=O)[C@H](C)NC(=O)CN)C(=O)N1CCC[C@H]1C(=O)NCC(=O)N1CCC[C@H]1C(=O)N[C@H](C(=O)O)C(C)C. The molecular weight excluding hydrogens is 1240 g/mol. The Kier molecular flexibility index (Phi) is 29.8. The third-order valence-corrected chi connectivity index (χ3v) is 17.8. The molecule has 5 heterocycles. The van der Waals surface area contributed by atoms with Crippen LogP contribution in [0.25, 0.3) is 0 Å². The van der Waals surface area contributed by atoms with E-state index in [-0.39, 0.29) is 96.2 Å². The first-order valence-corrected chi connectivity index (χ1v) is 33.1. The number of guanidine groups is 1. The highest BCUT2D eigenvalue weighted by Crippen LogP contribution is 2.25. The molecule has 34 heteroatoms. The topological polar surface area (TPSA) is 491 Å². The Hall–Kier alpha value is -8.72. The third-order valence-electron chi connectivity index (χ3n) is 17.8. The summed E-state index contributed by atoms with van der Waals surface area (Å²) in [5, 5.41) is 32.9. The molecule has 16 N–H and O–H groups in total. The molecule has 0 aliphatic carbocycles. The van der Waals surface area contributed by atoms with Gasteiger partial charge in [0, 0.05) is 39.3 Å². The molecule has 0 aromatic rings. The fourth-order valence-electron chi connectivity index (χ4n) is 12.6. The lowest BCUT2D eigenvalue weighted by molar-refractivity contribution is -0.145. The Morgan fingerprint density at radius 2 is 0.916 bits per heavy atom. The number of carbonyl (C=O) groups excluding carboxylic acids is 14. The summed E-state index contributed by atoms with van der Waals surface area (Å²) >= 11 is 0. The number of rotatable bonds is 33. The highest BCUT2D eigenvalue weighted by atomic mass is 16.4. The number of nitrogens with zero attached hydrogens (tertiary/aromatic N) is 6. The Balaban J connectivity index is 1.14. The van der Waals surface area contributed by atoms with Gasteiger partial charge in [-0.1, -0.05) is 48.0 Å². The fourth-order valence-corrected chi connectivity index (χ4v) is 12.6. The van der Waals surface area contributed by atoms with E-state index in [1.807, 2.05) is 13.8 Å². The molecule has 5 rings (SSSR count). The van der Waals surface area contributed by atoms with E-state index >= 15 is 0 Å². The minimum Gasteiger partial charge on any atom is -0.480 e. The number of hydrogen-bond acceptors (Lipinski definition) is 17. The Labute approximate surface area is 552 Å². The molecule has 95 heavy (non-hydrogen) atoms. The first-order valence-electron chi connectivity index (χ1n) is 33.1. The summed E-state index contributed by atoms with van der Waals surface area (Å²) < 4.78 is 0. The van der Waals surface area contributed by atoms with Crippen molar-refractivity contribution in [3.8, 4) is 0 Å². The number of aliphatic imine (C=N–C) groups is 1. The summed E-state index contributed by atoms with van der Waals surface area (Å²) in [7, 11) is 0. The van der Waals surface area contributed by atoms with Gasteiger partial charge in [0.2, 0.25) is 82.7 Å². The van der Waals surface area contributed by atoms with Crippen LogP contribution in [0.15, 0.2) is 4.99 Å². The van der Waals surface area contributed by atoms with Gasteiger partial charge in [0.05, 0.1) is 32.7 Å². The Morgan fingerprint density at radius 3 is 1.37 bits per heavy atom. The van der Waals surface area contributed by atoms with Crippen molar-refractivity contribution in [2.45, 2.75) is 199 Å². The number of amides is 14. The van der Waals surface area contributed by atoms with Crippen LogP contribution >= 0.6 is 0 Å². The molecule has 0 aromatic carbocycles. The molecule has 0 unspecified atom stereocenters. The highest BCUT2D eigenvalue weighted by molar-refractivity contribution is 5.99. The van der Waals surface area contributed by atoms with Gasteiger partial charge in [-0.15, -0.1) is 0 Å². The van der Waals surface area contributed by atoms with E-state index in [1.165, 1.54) is 31.4 Å². The monoisotopic (exact) mass is 1340 g/mol. The molecule has 0 saturated carbocycles. The zero-order chi connectivity index (χ0) is 70.4. The van der Waals surface area contributed by atoms with Gasteiger partial charge in [-0.05, 0) is 108 Å². The normalized spacial score (nSPS) is 21.1. The Morgan fingerprint density at radius 1 is 0.484 bits per heavy atom. The first-order chi connectivity index (χ1) is 45.0. The quantitative estimate of drug-likeness (QED) is 0.0166. The van der Waals surface area contributed by atoms with E-state index in [1.54, 1.807) is 27.7 Å². The predicted octanol–water partition coefficient (Wildman–Crippen LogP) is -5.30. The predicted molar refractivity (Wildman–Crippen MR) is 341 cm³/mol. The van der Waals surface area contributed by atoms with Crippen LogP contribution in [0, 0.1) is 17.8 Å². The van der Waals surface area contributed by atoms with Crippen LogP contribution in [0.5, 0.6) is 0 Å².